The number of thioether (sulfide) groups is 1. The summed E-state index contributed by atoms with van der Waals surface area (Å²) in [6, 6.07) is 7.56. The molecule has 110 valence electrons. The van der Waals surface area contributed by atoms with Crippen LogP contribution in [0.25, 0.3) is 0 Å². The number of benzene rings is 1. The highest BCUT2D eigenvalue weighted by Gasteiger charge is 2.27. The van der Waals surface area contributed by atoms with Gasteiger partial charge in [-0.3, -0.25) is 10.1 Å². The van der Waals surface area contributed by atoms with Crippen LogP contribution in [0.3, 0.4) is 0 Å². The summed E-state index contributed by atoms with van der Waals surface area (Å²) in [5, 5.41) is 15.1. The first-order chi connectivity index (χ1) is 9.72. The van der Waals surface area contributed by atoms with Crippen LogP contribution in [0.1, 0.15) is 39.0 Å². The Morgan fingerprint density at radius 3 is 2.85 bits per heavy atom. The van der Waals surface area contributed by atoms with E-state index in [1.807, 2.05) is 12.1 Å². The molecular weight excluding hydrogens is 272 g/mol. The fourth-order valence-electron chi connectivity index (χ4n) is 2.67. The van der Waals surface area contributed by atoms with E-state index in [1.54, 1.807) is 23.9 Å². The monoisotopic (exact) mass is 294 g/mol. The third-order valence-electron chi connectivity index (χ3n) is 3.70. The van der Waals surface area contributed by atoms with Gasteiger partial charge in [0.2, 0.25) is 0 Å². The van der Waals surface area contributed by atoms with Crippen LogP contribution < -0.4 is 5.32 Å². The fourth-order valence-corrected chi connectivity index (χ4v) is 4.10. The Hall–Kier alpha value is -1.07. The molecule has 2 atom stereocenters. The number of rotatable bonds is 6. The Morgan fingerprint density at radius 1 is 1.35 bits per heavy atom. The molecule has 20 heavy (non-hydrogen) atoms. The third-order valence-corrected chi connectivity index (χ3v) is 5.17. The Kier molecular flexibility index (Phi) is 5.86. The van der Waals surface area contributed by atoms with E-state index >= 15 is 0 Å². The van der Waals surface area contributed by atoms with Crippen molar-refractivity contribution in [2.24, 2.45) is 0 Å². The Morgan fingerprint density at radius 2 is 2.10 bits per heavy atom. The van der Waals surface area contributed by atoms with Gasteiger partial charge in [0.05, 0.1) is 9.82 Å². The van der Waals surface area contributed by atoms with Crippen molar-refractivity contribution >= 4 is 17.4 Å². The maximum Gasteiger partial charge on any atom is 0.282 e. The molecule has 1 aromatic rings. The van der Waals surface area contributed by atoms with E-state index in [1.165, 1.54) is 19.3 Å². The lowest BCUT2D eigenvalue weighted by molar-refractivity contribution is -0.387. The van der Waals surface area contributed by atoms with E-state index < -0.39 is 0 Å². The molecule has 0 saturated heterocycles. The lowest BCUT2D eigenvalue weighted by atomic mass is 9.95. The van der Waals surface area contributed by atoms with Gasteiger partial charge in [-0.15, -0.1) is 11.8 Å². The Bertz CT molecular complexity index is 453. The maximum absolute atomic E-state index is 11.1. The molecule has 0 amide bonds. The van der Waals surface area contributed by atoms with Gasteiger partial charge in [0, 0.05) is 17.4 Å². The van der Waals surface area contributed by atoms with Crippen LogP contribution in [0.4, 0.5) is 5.69 Å². The highest BCUT2D eigenvalue weighted by Crippen LogP contribution is 2.38. The zero-order valence-corrected chi connectivity index (χ0v) is 12.7. The van der Waals surface area contributed by atoms with Gasteiger partial charge in [0.1, 0.15) is 0 Å². The van der Waals surface area contributed by atoms with E-state index in [2.05, 4.69) is 12.2 Å². The molecule has 0 aliphatic heterocycles. The van der Waals surface area contributed by atoms with Crippen LogP contribution in [0.5, 0.6) is 0 Å². The molecule has 1 aliphatic carbocycles. The molecule has 0 bridgehead atoms. The number of para-hydroxylation sites is 1. The number of nitrogens with zero attached hydrogens (tertiary/aromatic N) is 1. The first-order valence-electron chi connectivity index (χ1n) is 7.36. The Labute approximate surface area is 124 Å². The average Bonchev–Trinajstić information content (AvgIpc) is 2.47. The summed E-state index contributed by atoms with van der Waals surface area (Å²) in [6.07, 6.45) is 5.92. The van der Waals surface area contributed by atoms with Gasteiger partial charge >= 0.3 is 0 Å². The van der Waals surface area contributed by atoms with Gasteiger partial charge in [0.15, 0.2) is 0 Å². The molecule has 4 nitrogen and oxygen atoms in total. The normalized spacial score (nSPS) is 22.6. The van der Waals surface area contributed by atoms with E-state index in [0.717, 1.165) is 24.3 Å². The van der Waals surface area contributed by atoms with E-state index in [9.17, 15) is 10.1 Å². The minimum absolute atomic E-state index is 0.234. The molecular formula is C15H22N2O2S. The van der Waals surface area contributed by atoms with Crippen molar-refractivity contribution in [3.8, 4) is 0 Å². The molecule has 0 spiro atoms. The van der Waals surface area contributed by atoms with Crippen LogP contribution in [0.15, 0.2) is 29.2 Å². The van der Waals surface area contributed by atoms with Crippen LogP contribution >= 0.6 is 11.8 Å². The SMILES string of the molecule is CCCNC1CCCCC1Sc1ccccc1[N+](=O)[O-]. The standard InChI is InChI=1S/C15H22N2O2S/c1-2-11-16-12-7-3-5-9-14(12)20-15-10-6-4-8-13(15)17(18)19/h4,6,8,10,12,14,16H,2-3,5,7,9,11H2,1H3. The van der Waals surface area contributed by atoms with Crippen molar-refractivity contribution in [2.75, 3.05) is 6.54 Å². The highest BCUT2D eigenvalue weighted by atomic mass is 32.2. The molecule has 1 saturated carbocycles. The summed E-state index contributed by atoms with van der Waals surface area (Å²) in [7, 11) is 0. The Balaban J connectivity index is 2.08. The first kappa shape index (κ1) is 15.3. The van der Waals surface area contributed by atoms with Crippen molar-refractivity contribution in [3.63, 3.8) is 0 Å². The molecule has 1 aromatic carbocycles. The molecule has 1 fully saturated rings. The summed E-state index contributed by atoms with van der Waals surface area (Å²) >= 11 is 1.67. The van der Waals surface area contributed by atoms with Gasteiger partial charge in [-0.05, 0) is 31.9 Å². The summed E-state index contributed by atoms with van der Waals surface area (Å²) in [5.41, 5.74) is 0.234. The minimum Gasteiger partial charge on any atom is -0.313 e. The van der Waals surface area contributed by atoms with Crippen molar-refractivity contribution in [3.05, 3.63) is 34.4 Å². The lowest BCUT2D eigenvalue weighted by Crippen LogP contribution is -2.40. The summed E-state index contributed by atoms with van der Waals surface area (Å²) < 4.78 is 0. The quantitative estimate of drug-likeness (QED) is 0.636. The summed E-state index contributed by atoms with van der Waals surface area (Å²) in [6.45, 7) is 3.19. The number of nitro groups is 1. The zero-order chi connectivity index (χ0) is 14.4. The van der Waals surface area contributed by atoms with E-state index in [-0.39, 0.29) is 10.6 Å². The number of nitro benzene ring substituents is 1. The predicted molar refractivity (Wildman–Crippen MR) is 83.3 cm³/mol. The van der Waals surface area contributed by atoms with Gasteiger partial charge in [-0.2, -0.15) is 0 Å². The van der Waals surface area contributed by atoms with Gasteiger partial charge in [-0.1, -0.05) is 31.9 Å². The van der Waals surface area contributed by atoms with Gasteiger partial charge < -0.3 is 5.32 Å². The van der Waals surface area contributed by atoms with Crippen LogP contribution in [-0.2, 0) is 0 Å². The summed E-state index contributed by atoms with van der Waals surface area (Å²) in [5.74, 6) is 0. The number of hydrogen-bond donors (Lipinski definition) is 1. The topological polar surface area (TPSA) is 55.2 Å². The van der Waals surface area contributed by atoms with Crippen molar-refractivity contribution in [1.82, 2.24) is 5.32 Å². The molecule has 2 rings (SSSR count). The van der Waals surface area contributed by atoms with Crippen molar-refractivity contribution in [2.45, 2.75) is 55.2 Å². The van der Waals surface area contributed by atoms with Crippen LogP contribution in [0.2, 0.25) is 0 Å². The van der Waals surface area contributed by atoms with Crippen molar-refractivity contribution in [1.29, 1.82) is 0 Å². The average molecular weight is 294 g/mol. The van der Waals surface area contributed by atoms with Gasteiger partial charge in [0.25, 0.3) is 5.69 Å². The van der Waals surface area contributed by atoms with E-state index in [4.69, 9.17) is 0 Å². The molecule has 2 unspecified atom stereocenters. The number of nitrogens with one attached hydrogen (secondary N) is 1. The second kappa shape index (κ2) is 7.64. The molecule has 0 radical (unpaired) electrons. The zero-order valence-electron chi connectivity index (χ0n) is 11.9. The van der Waals surface area contributed by atoms with Gasteiger partial charge in [-0.25, -0.2) is 0 Å². The summed E-state index contributed by atoms with van der Waals surface area (Å²) in [4.78, 5) is 11.6. The predicted octanol–water partition coefficient (Wildman–Crippen LogP) is 4.00. The molecule has 0 aromatic heterocycles. The van der Waals surface area contributed by atoms with Crippen LogP contribution in [0, 0.1) is 10.1 Å². The minimum atomic E-state index is -0.278. The number of hydrogen-bond acceptors (Lipinski definition) is 4. The third kappa shape index (κ3) is 3.96. The first-order valence-corrected chi connectivity index (χ1v) is 8.23. The molecule has 1 aliphatic rings. The maximum atomic E-state index is 11.1. The smallest absolute Gasteiger partial charge is 0.282 e. The lowest BCUT2D eigenvalue weighted by Gasteiger charge is -2.31. The van der Waals surface area contributed by atoms with E-state index in [0.29, 0.717) is 11.3 Å². The fraction of sp³-hybridized carbons (Fsp3) is 0.600. The molecule has 5 heteroatoms. The second-order valence-electron chi connectivity index (χ2n) is 5.23. The highest BCUT2D eigenvalue weighted by molar-refractivity contribution is 8.00. The molecule has 1 N–H and O–H groups in total. The second-order valence-corrected chi connectivity index (χ2v) is 6.51. The van der Waals surface area contributed by atoms with Crippen LogP contribution in [-0.4, -0.2) is 22.8 Å². The largest absolute Gasteiger partial charge is 0.313 e. The van der Waals surface area contributed by atoms with Crippen molar-refractivity contribution < 1.29 is 4.92 Å². The molecule has 0 heterocycles.